The summed E-state index contributed by atoms with van der Waals surface area (Å²) in [4.78, 5) is 12.1. The number of rotatable bonds is 9. The Labute approximate surface area is 199 Å². The van der Waals surface area contributed by atoms with E-state index in [1.807, 2.05) is 0 Å². The number of carbonyl (C=O) groups is 1. The summed E-state index contributed by atoms with van der Waals surface area (Å²) in [6, 6.07) is 13.0. The molecule has 2 heterocycles. The van der Waals surface area contributed by atoms with Crippen LogP contribution in [0.15, 0.2) is 48.5 Å². The van der Waals surface area contributed by atoms with E-state index in [2.05, 4.69) is 20.6 Å². The van der Waals surface area contributed by atoms with Crippen LogP contribution in [0.5, 0.6) is 17.4 Å². The lowest BCUT2D eigenvalue weighted by Crippen LogP contribution is -2.29. The van der Waals surface area contributed by atoms with Crippen LogP contribution in [0, 0.1) is 5.82 Å². The molecule has 0 saturated heterocycles. The molecule has 4 rings (SSSR count). The van der Waals surface area contributed by atoms with Crippen LogP contribution in [0.1, 0.15) is 5.56 Å². The van der Waals surface area contributed by atoms with Gasteiger partial charge in [0.1, 0.15) is 23.9 Å². The fourth-order valence-electron chi connectivity index (χ4n) is 3.27. The van der Waals surface area contributed by atoms with Crippen molar-refractivity contribution in [2.75, 3.05) is 27.4 Å². The third-order valence-corrected chi connectivity index (χ3v) is 5.32. The predicted molar refractivity (Wildman–Crippen MR) is 123 cm³/mol. The van der Waals surface area contributed by atoms with Crippen molar-refractivity contribution in [2.45, 2.75) is 6.42 Å². The summed E-state index contributed by atoms with van der Waals surface area (Å²) in [6.45, 7) is 0.352. The van der Waals surface area contributed by atoms with E-state index in [1.165, 1.54) is 12.1 Å². The molecule has 0 saturated carbocycles. The van der Waals surface area contributed by atoms with E-state index in [4.69, 9.17) is 25.8 Å². The average Bonchev–Trinajstić information content (AvgIpc) is 3.27. The number of benzene rings is 2. The molecule has 1 amide bonds. The van der Waals surface area contributed by atoms with Gasteiger partial charge in [-0.1, -0.05) is 17.7 Å². The molecule has 4 aromatic rings. The fourth-order valence-corrected chi connectivity index (χ4v) is 3.50. The van der Waals surface area contributed by atoms with Crippen molar-refractivity contribution >= 4 is 23.2 Å². The first-order valence-electron chi connectivity index (χ1n) is 10.3. The molecule has 0 radical (unpaired) electrons. The second kappa shape index (κ2) is 10.3. The fraction of sp³-hybridized carbons (Fsp3) is 0.217. The highest BCUT2D eigenvalue weighted by Crippen LogP contribution is 2.32. The molecular formula is C23H21ClFN5O4. The summed E-state index contributed by atoms with van der Waals surface area (Å²) >= 11 is 5.96. The molecule has 9 nitrogen and oxygen atoms in total. The molecule has 0 unspecified atom stereocenters. The van der Waals surface area contributed by atoms with Crippen LogP contribution in [-0.2, 0) is 11.2 Å². The molecule has 0 aliphatic carbocycles. The topological polar surface area (TPSA) is 99.9 Å². The highest BCUT2D eigenvalue weighted by molar-refractivity contribution is 6.31. The lowest BCUT2D eigenvalue weighted by Gasteiger charge is -2.10. The number of methoxy groups -OCH3 is 2. The Balaban J connectivity index is 1.41. The Bertz CT molecular complexity index is 1310. The molecule has 0 aliphatic heterocycles. The second-order valence-electron chi connectivity index (χ2n) is 7.11. The minimum Gasteiger partial charge on any atom is -0.497 e. The Kier molecular flexibility index (Phi) is 7.07. The Morgan fingerprint density at radius 3 is 2.74 bits per heavy atom. The molecule has 0 atom stereocenters. The first-order chi connectivity index (χ1) is 16.5. The highest BCUT2D eigenvalue weighted by atomic mass is 35.5. The van der Waals surface area contributed by atoms with Crippen molar-refractivity contribution in [3.63, 3.8) is 0 Å². The van der Waals surface area contributed by atoms with Crippen molar-refractivity contribution in [1.29, 1.82) is 0 Å². The number of nitrogens with zero attached hydrogens (tertiary/aromatic N) is 4. The van der Waals surface area contributed by atoms with Crippen LogP contribution in [0.25, 0.3) is 17.0 Å². The minimum atomic E-state index is -0.519. The predicted octanol–water partition coefficient (Wildman–Crippen LogP) is 3.34. The van der Waals surface area contributed by atoms with Crippen LogP contribution < -0.4 is 19.5 Å². The largest absolute Gasteiger partial charge is 0.497 e. The van der Waals surface area contributed by atoms with E-state index in [0.717, 1.165) is 0 Å². The van der Waals surface area contributed by atoms with Crippen molar-refractivity contribution in [3.05, 3.63) is 64.9 Å². The molecule has 0 fully saturated rings. The zero-order valence-corrected chi connectivity index (χ0v) is 19.2. The molecule has 0 spiro atoms. The van der Waals surface area contributed by atoms with Gasteiger partial charge >= 0.3 is 0 Å². The van der Waals surface area contributed by atoms with E-state index in [-0.39, 0.29) is 36.1 Å². The van der Waals surface area contributed by atoms with Crippen molar-refractivity contribution in [1.82, 2.24) is 25.1 Å². The summed E-state index contributed by atoms with van der Waals surface area (Å²) in [5.41, 5.74) is 1.36. The molecule has 176 valence electrons. The zero-order chi connectivity index (χ0) is 24.1. The quantitative estimate of drug-likeness (QED) is 0.363. The highest BCUT2D eigenvalue weighted by Gasteiger charge is 2.16. The van der Waals surface area contributed by atoms with Gasteiger partial charge in [-0.05, 0) is 30.3 Å². The first-order valence-corrected chi connectivity index (χ1v) is 10.6. The molecule has 0 aliphatic rings. The van der Waals surface area contributed by atoms with Crippen LogP contribution in [0.4, 0.5) is 4.39 Å². The van der Waals surface area contributed by atoms with E-state index in [1.54, 1.807) is 55.1 Å². The minimum absolute atomic E-state index is 0.151. The number of ether oxygens (including phenoxy) is 3. The van der Waals surface area contributed by atoms with E-state index in [9.17, 15) is 9.18 Å². The second-order valence-corrected chi connectivity index (χ2v) is 7.51. The lowest BCUT2D eigenvalue weighted by atomic mass is 10.1. The summed E-state index contributed by atoms with van der Waals surface area (Å²) in [7, 11) is 3.13. The maximum Gasteiger partial charge on any atom is 0.231 e. The zero-order valence-electron chi connectivity index (χ0n) is 18.4. The van der Waals surface area contributed by atoms with Gasteiger partial charge in [0, 0.05) is 22.7 Å². The van der Waals surface area contributed by atoms with Gasteiger partial charge in [0.2, 0.25) is 11.8 Å². The maximum absolute atomic E-state index is 13.8. The molecule has 0 bridgehead atoms. The van der Waals surface area contributed by atoms with E-state index < -0.39 is 5.82 Å². The Morgan fingerprint density at radius 2 is 1.97 bits per heavy atom. The number of aromatic nitrogens is 4. The van der Waals surface area contributed by atoms with Gasteiger partial charge in [0.05, 0.1) is 32.7 Å². The monoisotopic (exact) mass is 485 g/mol. The number of fused-ring (bicyclic) bond motifs is 1. The lowest BCUT2D eigenvalue weighted by molar-refractivity contribution is -0.120. The molecule has 11 heteroatoms. The molecule has 2 aromatic carbocycles. The van der Waals surface area contributed by atoms with Crippen molar-refractivity contribution in [2.24, 2.45) is 0 Å². The standard InChI is InChI=1S/C23H21ClFN5O4/c1-32-14-6-7-15(19(12-14)33-2)23-28-27-20-8-9-22(29-30(20)23)34-11-10-26-21(31)13-16-17(24)4-3-5-18(16)25/h3-9,12H,10-11,13H2,1-2H3,(H,26,31). The molecule has 2 aromatic heterocycles. The molecular weight excluding hydrogens is 465 g/mol. The van der Waals surface area contributed by atoms with Gasteiger partial charge in [-0.15, -0.1) is 15.3 Å². The van der Waals surface area contributed by atoms with Gasteiger partial charge in [0.25, 0.3) is 0 Å². The number of hydrogen-bond donors (Lipinski definition) is 1. The van der Waals surface area contributed by atoms with Gasteiger partial charge in [-0.2, -0.15) is 4.52 Å². The number of amides is 1. The third kappa shape index (κ3) is 5.01. The summed E-state index contributed by atoms with van der Waals surface area (Å²) in [5.74, 6) is 1.09. The van der Waals surface area contributed by atoms with Gasteiger partial charge in [-0.25, -0.2) is 4.39 Å². The average molecular weight is 486 g/mol. The van der Waals surface area contributed by atoms with Crippen molar-refractivity contribution < 1.29 is 23.4 Å². The van der Waals surface area contributed by atoms with Crippen LogP contribution in [0.3, 0.4) is 0 Å². The molecule has 34 heavy (non-hydrogen) atoms. The normalized spacial score (nSPS) is 10.8. The van der Waals surface area contributed by atoms with E-state index >= 15 is 0 Å². The van der Waals surface area contributed by atoms with Crippen LogP contribution in [0.2, 0.25) is 5.02 Å². The Morgan fingerprint density at radius 1 is 1.12 bits per heavy atom. The molecule has 1 N–H and O–H groups in total. The van der Waals surface area contributed by atoms with Crippen molar-refractivity contribution in [3.8, 4) is 28.8 Å². The maximum atomic E-state index is 13.8. The summed E-state index contributed by atoms with van der Waals surface area (Å²) in [6.07, 6.45) is -0.163. The Hall–Kier alpha value is -3.92. The van der Waals surface area contributed by atoms with Gasteiger partial charge < -0.3 is 19.5 Å². The van der Waals surface area contributed by atoms with Crippen LogP contribution >= 0.6 is 11.6 Å². The third-order valence-electron chi connectivity index (χ3n) is 4.96. The number of hydrogen-bond acceptors (Lipinski definition) is 7. The van der Waals surface area contributed by atoms with Gasteiger partial charge in [-0.3, -0.25) is 4.79 Å². The summed E-state index contributed by atoms with van der Waals surface area (Å²) in [5, 5.41) is 15.7. The SMILES string of the molecule is COc1ccc(-c2nnc3ccc(OCCNC(=O)Cc4c(F)cccc4Cl)nn23)c(OC)c1. The van der Waals surface area contributed by atoms with Gasteiger partial charge in [0.15, 0.2) is 11.5 Å². The number of nitrogens with one attached hydrogen (secondary N) is 1. The smallest absolute Gasteiger partial charge is 0.231 e. The first kappa shape index (κ1) is 23.2. The summed E-state index contributed by atoms with van der Waals surface area (Å²) < 4.78 is 31.7. The number of halogens is 2. The van der Waals surface area contributed by atoms with Crippen LogP contribution in [-0.4, -0.2) is 53.1 Å². The number of carbonyl (C=O) groups excluding carboxylic acids is 1. The van der Waals surface area contributed by atoms with E-state index in [0.29, 0.717) is 34.4 Å².